The van der Waals surface area contributed by atoms with Gasteiger partial charge in [0.15, 0.2) is 0 Å². The van der Waals surface area contributed by atoms with Crippen molar-refractivity contribution >= 4 is 66.2 Å². The first kappa shape index (κ1) is 14.3. The van der Waals surface area contributed by atoms with Crippen molar-refractivity contribution in [3.63, 3.8) is 0 Å². The highest BCUT2D eigenvalue weighted by atomic mass is 79.9. The molecular weight excluding hydrogens is 374 g/mol. The molecule has 3 N–H and O–H groups in total. The molecule has 0 aliphatic heterocycles. The molecule has 21 heavy (non-hydrogen) atoms. The van der Waals surface area contributed by atoms with Crippen LogP contribution in [0.25, 0.3) is 10.1 Å². The summed E-state index contributed by atoms with van der Waals surface area (Å²) in [6.45, 7) is 0. The molecule has 0 spiro atoms. The number of pyridine rings is 1. The van der Waals surface area contributed by atoms with Gasteiger partial charge in [-0.2, -0.15) is 0 Å². The zero-order chi connectivity index (χ0) is 15.0. The highest BCUT2D eigenvalue weighted by molar-refractivity contribution is 9.10. The molecular formula is C14H9BrClN3OS. The Hall–Kier alpha value is -1.63. The lowest BCUT2D eigenvalue weighted by Gasteiger charge is -2.07. The van der Waals surface area contributed by atoms with Gasteiger partial charge in [-0.1, -0.05) is 11.6 Å². The molecule has 0 atom stereocenters. The van der Waals surface area contributed by atoms with Gasteiger partial charge in [-0.15, -0.1) is 11.3 Å². The van der Waals surface area contributed by atoms with Crippen molar-refractivity contribution in [1.82, 2.24) is 4.98 Å². The molecule has 1 aromatic carbocycles. The maximum atomic E-state index is 12.4. The van der Waals surface area contributed by atoms with Gasteiger partial charge in [-0.3, -0.25) is 9.78 Å². The lowest BCUT2D eigenvalue weighted by Crippen LogP contribution is -2.12. The second kappa shape index (κ2) is 5.63. The summed E-state index contributed by atoms with van der Waals surface area (Å²) in [7, 11) is 0. The molecule has 7 heteroatoms. The zero-order valence-electron chi connectivity index (χ0n) is 10.6. The lowest BCUT2D eigenvalue weighted by atomic mass is 10.2. The van der Waals surface area contributed by atoms with E-state index >= 15 is 0 Å². The number of carbonyl (C=O) groups is 1. The number of rotatable bonds is 2. The fraction of sp³-hybridized carbons (Fsp3) is 0. The second-order valence-electron chi connectivity index (χ2n) is 4.29. The van der Waals surface area contributed by atoms with Crippen LogP contribution < -0.4 is 11.1 Å². The van der Waals surface area contributed by atoms with Gasteiger partial charge < -0.3 is 11.1 Å². The summed E-state index contributed by atoms with van der Waals surface area (Å²) in [5, 5.41) is 4.25. The van der Waals surface area contributed by atoms with Crippen LogP contribution in [0.15, 0.2) is 41.1 Å². The number of nitrogen functional groups attached to an aromatic ring is 1. The van der Waals surface area contributed by atoms with E-state index in [0.29, 0.717) is 25.7 Å². The highest BCUT2D eigenvalue weighted by Gasteiger charge is 2.17. The van der Waals surface area contributed by atoms with Gasteiger partial charge in [0.05, 0.1) is 16.1 Å². The number of hydrogen-bond donors (Lipinski definition) is 2. The van der Waals surface area contributed by atoms with E-state index in [-0.39, 0.29) is 5.91 Å². The highest BCUT2D eigenvalue weighted by Crippen LogP contribution is 2.34. The number of nitrogens with two attached hydrogens (primary N) is 1. The van der Waals surface area contributed by atoms with Crippen LogP contribution in [-0.2, 0) is 0 Å². The van der Waals surface area contributed by atoms with E-state index in [9.17, 15) is 4.79 Å². The quantitative estimate of drug-likeness (QED) is 0.683. The van der Waals surface area contributed by atoms with Crippen LogP contribution in [0.5, 0.6) is 0 Å². The molecule has 0 fully saturated rings. The van der Waals surface area contributed by atoms with Crippen LogP contribution in [-0.4, -0.2) is 10.9 Å². The van der Waals surface area contributed by atoms with Crippen LogP contribution in [0, 0.1) is 0 Å². The lowest BCUT2D eigenvalue weighted by molar-refractivity contribution is 0.103. The third-order valence-electron chi connectivity index (χ3n) is 2.92. The van der Waals surface area contributed by atoms with E-state index < -0.39 is 0 Å². The minimum absolute atomic E-state index is 0.253. The maximum absolute atomic E-state index is 12.4. The van der Waals surface area contributed by atoms with Crippen molar-refractivity contribution in [3.8, 4) is 0 Å². The summed E-state index contributed by atoms with van der Waals surface area (Å²) in [6, 6.07) is 6.96. The number of thiophene rings is 1. The number of benzene rings is 1. The minimum atomic E-state index is -0.253. The Morgan fingerprint density at radius 1 is 1.38 bits per heavy atom. The molecule has 3 aromatic rings. The summed E-state index contributed by atoms with van der Waals surface area (Å²) in [6.07, 6.45) is 3.36. The molecule has 0 radical (unpaired) electrons. The number of aromatic nitrogens is 1. The van der Waals surface area contributed by atoms with E-state index in [4.69, 9.17) is 17.3 Å². The van der Waals surface area contributed by atoms with E-state index in [0.717, 1.165) is 10.1 Å². The summed E-state index contributed by atoms with van der Waals surface area (Å²) in [4.78, 5) is 16.9. The van der Waals surface area contributed by atoms with Crippen LogP contribution in [0.3, 0.4) is 0 Å². The fourth-order valence-corrected chi connectivity index (χ4v) is 3.68. The average molecular weight is 383 g/mol. The first-order valence-electron chi connectivity index (χ1n) is 5.94. The molecule has 2 aromatic heterocycles. The van der Waals surface area contributed by atoms with Crippen molar-refractivity contribution in [1.29, 1.82) is 0 Å². The Labute approximate surface area is 138 Å². The van der Waals surface area contributed by atoms with Crippen LogP contribution >= 0.6 is 38.9 Å². The summed E-state index contributed by atoms with van der Waals surface area (Å²) in [5.41, 5.74) is 7.16. The van der Waals surface area contributed by atoms with Crippen LogP contribution in [0.1, 0.15) is 9.67 Å². The first-order chi connectivity index (χ1) is 10.1. The van der Waals surface area contributed by atoms with E-state index in [1.807, 2.05) is 0 Å². The van der Waals surface area contributed by atoms with Crippen LogP contribution in [0.2, 0.25) is 5.02 Å². The average Bonchev–Trinajstić information content (AvgIpc) is 2.80. The predicted molar refractivity (Wildman–Crippen MR) is 91.1 cm³/mol. The SMILES string of the molecule is Nc1c(C(=O)Nc2ccc(Cl)cc2Br)sc2cnccc12. The number of hydrogen-bond acceptors (Lipinski definition) is 4. The standard InChI is InChI=1S/C14H9BrClN3OS/c15-9-5-7(16)1-2-10(9)19-14(20)13-12(17)8-3-4-18-6-11(8)21-13/h1-6H,17H2,(H,19,20). The van der Waals surface area contributed by atoms with Crippen molar-refractivity contribution < 1.29 is 4.79 Å². The molecule has 3 rings (SSSR count). The largest absolute Gasteiger partial charge is 0.397 e. The summed E-state index contributed by atoms with van der Waals surface area (Å²) < 4.78 is 1.60. The third-order valence-corrected chi connectivity index (χ3v) is 4.96. The van der Waals surface area contributed by atoms with Gasteiger partial charge in [0.25, 0.3) is 5.91 Å². The first-order valence-corrected chi connectivity index (χ1v) is 7.93. The summed E-state index contributed by atoms with van der Waals surface area (Å²) in [5.74, 6) is -0.253. The number of halogens is 2. The number of nitrogens with one attached hydrogen (secondary N) is 1. The molecule has 4 nitrogen and oxygen atoms in total. The number of fused-ring (bicyclic) bond motifs is 1. The molecule has 0 aliphatic carbocycles. The van der Waals surface area contributed by atoms with Crippen LogP contribution in [0.4, 0.5) is 11.4 Å². The minimum Gasteiger partial charge on any atom is -0.397 e. The number of nitrogens with zero attached hydrogens (tertiary/aromatic N) is 1. The smallest absolute Gasteiger partial charge is 0.267 e. The molecule has 0 bridgehead atoms. The number of anilines is 2. The number of carbonyl (C=O) groups excluding carboxylic acids is 1. The van der Waals surface area contributed by atoms with E-state index in [1.165, 1.54) is 11.3 Å². The Bertz CT molecular complexity index is 849. The van der Waals surface area contributed by atoms with Gasteiger partial charge in [0, 0.05) is 27.3 Å². The Morgan fingerprint density at radius 2 is 2.19 bits per heavy atom. The van der Waals surface area contributed by atoms with Gasteiger partial charge >= 0.3 is 0 Å². The monoisotopic (exact) mass is 381 g/mol. The molecule has 0 aliphatic rings. The predicted octanol–water partition coefficient (Wildman–Crippen LogP) is 4.55. The maximum Gasteiger partial charge on any atom is 0.267 e. The van der Waals surface area contributed by atoms with E-state index in [2.05, 4.69) is 26.2 Å². The van der Waals surface area contributed by atoms with Crippen molar-refractivity contribution in [2.75, 3.05) is 11.1 Å². The third kappa shape index (κ3) is 2.74. The number of amides is 1. The molecule has 1 amide bonds. The molecule has 2 heterocycles. The van der Waals surface area contributed by atoms with Gasteiger partial charge in [0.2, 0.25) is 0 Å². The topological polar surface area (TPSA) is 68.0 Å². The van der Waals surface area contributed by atoms with Crippen molar-refractivity contribution in [2.24, 2.45) is 0 Å². The van der Waals surface area contributed by atoms with E-state index in [1.54, 1.807) is 36.7 Å². The van der Waals surface area contributed by atoms with Gasteiger partial charge in [-0.05, 0) is 40.2 Å². The molecule has 0 unspecified atom stereocenters. The Balaban J connectivity index is 1.95. The second-order valence-corrected chi connectivity index (χ2v) is 6.64. The van der Waals surface area contributed by atoms with Crippen molar-refractivity contribution in [2.45, 2.75) is 0 Å². The molecule has 0 saturated heterocycles. The summed E-state index contributed by atoms with van der Waals surface area (Å²) >= 11 is 10.6. The molecule has 106 valence electrons. The normalized spacial score (nSPS) is 10.8. The molecule has 0 saturated carbocycles. The van der Waals surface area contributed by atoms with Gasteiger partial charge in [-0.25, -0.2) is 0 Å². The fourth-order valence-electron chi connectivity index (χ4n) is 1.91. The Kier molecular flexibility index (Phi) is 3.84. The van der Waals surface area contributed by atoms with Crippen molar-refractivity contribution in [3.05, 3.63) is 51.0 Å². The Morgan fingerprint density at radius 3 is 2.90 bits per heavy atom. The van der Waals surface area contributed by atoms with Gasteiger partial charge in [0.1, 0.15) is 4.88 Å². The zero-order valence-corrected chi connectivity index (χ0v) is 13.7.